The Morgan fingerprint density at radius 2 is 1.93 bits per heavy atom. The summed E-state index contributed by atoms with van der Waals surface area (Å²) in [5.41, 5.74) is -0.147. The molecule has 1 aliphatic rings. The molecule has 0 bridgehead atoms. The molecule has 0 aliphatic carbocycles. The van der Waals surface area contributed by atoms with Crippen molar-refractivity contribution in [1.29, 1.82) is 0 Å². The van der Waals surface area contributed by atoms with Crippen LogP contribution in [0.25, 0.3) is 0 Å². The number of benzene rings is 1. The predicted molar refractivity (Wildman–Crippen MR) is 108 cm³/mol. The molecular weight excluding hydrogens is 399 g/mol. The molecule has 1 amide bonds. The second-order valence-corrected chi connectivity index (χ2v) is 8.11. The van der Waals surface area contributed by atoms with E-state index in [1.165, 1.54) is 6.07 Å². The van der Waals surface area contributed by atoms with Gasteiger partial charge in [-0.3, -0.25) is 0 Å². The van der Waals surface area contributed by atoms with E-state index in [0.717, 1.165) is 0 Å². The third-order valence-electron chi connectivity index (χ3n) is 4.25. The topological polar surface area (TPSA) is 67.8 Å². The lowest BCUT2D eigenvalue weighted by Gasteiger charge is -2.36. The van der Waals surface area contributed by atoms with Gasteiger partial charge < -0.3 is 19.3 Å². The van der Waals surface area contributed by atoms with E-state index in [-0.39, 0.29) is 18.7 Å². The van der Waals surface area contributed by atoms with Crippen molar-refractivity contribution >= 4 is 23.5 Å². The normalized spacial score (nSPS) is 14.7. The Balaban J connectivity index is 1.57. The van der Waals surface area contributed by atoms with Gasteiger partial charge in [0.05, 0.1) is 0 Å². The Bertz CT molecular complexity index is 867. The summed E-state index contributed by atoms with van der Waals surface area (Å²) >= 11 is 5.76. The van der Waals surface area contributed by atoms with Crippen LogP contribution in [-0.4, -0.2) is 52.7 Å². The maximum absolute atomic E-state index is 13.9. The molecule has 9 heteroatoms. The molecular formula is C20H24ClFN4O3. The molecule has 1 saturated heterocycles. The first-order chi connectivity index (χ1) is 13.7. The van der Waals surface area contributed by atoms with Crippen LogP contribution in [0, 0.1) is 5.82 Å². The van der Waals surface area contributed by atoms with Crippen LogP contribution >= 0.6 is 11.6 Å². The molecule has 0 radical (unpaired) electrons. The van der Waals surface area contributed by atoms with E-state index in [2.05, 4.69) is 9.97 Å². The van der Waals surface area contributed by atoms with Crippen molar-refractivity contribution in [3.63, 3.8) is 0 Å². The molecule has 0 N–H and O–H groups in total. The van der Waals surface area contributed by atoms with Crippen molar-refractivity contribution in [2.24, 2.45) is 0 Å². The smallest absolute Gasteiger partial charge is 0.410 e. The van der Waals surface area contributed by atoms with E-state index in [4.69, 9.17) is 21.1 Å². The third kappa shape index (κ3) is 5.93. The van der Waals surface area contributed by atoms with Crippen LogP contribution in [0.1, 0.15) is 26.3 Å². The lowest BCUT2D eigenvalue weighted by atomic mass is 10.2. The van der Waals surface area contributed by atoms with Crippen molar-refractivity contribution in [1.82, 2.24) is 14.9 Å². The summed E-state index contributed by atoms with van der Waals surface area (Å²) in [7, 11) is 0. The molecule has 1 aromatic carbocycles. The number of hydrogen-bond donors (Lipinski definition) is 0. The van der Waals surface area contributed by atoms with Crippen molar-refractivity contribution in [3.05, 3.63) is 46.9 Å². The number of hydrogen-bond acceptors (Lipinski definition) is 6. The number of ether oxygens (including phenoxy) is 2. The number of aromatic nitrogens is 2. The number of piperazine rings is 1. The van der Waals surface area contributed by atoms with Gasteiger partial charge in [0.15, 0.2) is 0 Å². The van der Waals surface area contributed by atoms with Crippen molar-refractivity contribution in [2.75, 3.05) is 31.1 Å². The molecule has 3 rings (SSSR count). The SMILES string of the molecule is CC(C)(C)OC(=O)N1CCN(c2ccnc(OCc3ccc(Cl)cc3F)n2)CC1. The van der Waals surface area contributed by atoms with Gasteiger partial charge in [0.2, 0.25) is 0 Å². The van der Waals surface area contributed by atoms with E-state index in [0.29, 0.717) is 42.6 Å². The van der Waals surface area contributed by atoms with Crippen LogP contribution < -0.4 is 9.64 Å². The molecule has 156 valence electrons. The minimum atomic E-state index is -0.517. The monoisotopic (exact) mass is 422 g/mol. The zero-order valence-corrected chi connectivity index (χ0v) is 17.4. The Kier molecular flexibility index (Phi) is 6.42. The summed E-state index contributed by atoms with van der Waals surface area (Å²) in [5, 5.41) is 0.329. The summed E-state index contributed by atoms with van der Waals surface area (Å²) in [4.78, 5) is 24.4. The second kappa shape index (κ2) is 8.82. The molecule has 0 saturated carbocycles. The highest BCUT2D eigenvalue weighted by Crippen LogP contribution is 2.19. The van der Waals surface area contributed by atoms with E-state index in [1.54, 1.807) is 29.3 Å². The number of amides is 1. The summed E-state index contributed by atoms with van der Waals surface area (Å²) in [5.74, 6) is 0.252. The number of carbonyl (C=O) groups excluding carboxylic acids is 1. The molecule has 2 heterocycles. The number of nitrogens with zero attached hydrogens (tertiary/aromatic N) is 4. The highest BCUT2D eigenvalue weighted by atomic mass is 35.5. The maximum Gasteiger partial charge on any atom is 0.410 e. The summed E-state index contributed by atoms with van der Waals surface area (Å²) in [6, 6.07) is 6.34. The molecule has 0 spiro atoms. The first-order valence-corrected chi connectivity index (χ1v) is 9.72. The Morgan fingerprint density at radius 1 is 1.21 bits per heavy atom. The van der Waals surface area contributed by atoms with Gasteiger partial charge in [0, 0.05) is 43.0 Å². The van der Waals surface area contributed by atoms with Crippen LogP contribution in [0.3, 0.4) is 0 Å². The van der Waals surface area contributed by atoms with Crippen molar-refractivity contribution in [2.45, 2.75) is 33.0 Å². The van der Waals surface area contributed by atoms with Gasteiger partial charge in [0.25, 0.3) is 0 Å². The van der Waals surface area contributed by atoms with Crippen molar-refractivity contribution in [3.8, 4) is 6.01 Å². The summed E-state index contributed by atoms with van der Waals surface area (Å²) in [6.07, 6.45) is 1.28. The lowest BCUT2D eigenvalue weighted by molar-refractivity contribution is 0.0240. The summed E-state index contributed by atoms with van der Waals surface area (Å²) < 4.78 is 24.8. The molecule has 1 aliphatic heterocycles. The zero-order chi connectivity index (χ0) is 21.0. The van der Waals surface area contributed by atoms with Crippen LogP contribution in [-0.2, 0) is 11.3 Å². The number of carbonyl (C=O) groups is 1. The van der Waals surface area contributed by atoms with Gasteiger partial charge in [0.1, 0.15) is 23.8 Å². The molecule has 2 aromatic rings. The van der Waals surface area contributed by atoms with Gasteiger partial charge in [-0.2, -0.15) is 4.98 Å². The molecule has 29 heavy (non-hydrogen) atoms. The van der Waals surface area contributed by atoms with Gasteiger partial charge in [-0.25, -0.2) is 14.2 Å². The third-order valence-corrected chi connectivity index (χ3v) is 4.48. The van der Waals surface area contributed by atoms with Gasteiger partial charge in [-0.1, -0.05) is 17.7 Å². The largest absolute Gasteiger partial charge is 0.458 e. The second-order valence-electron chi connectivity index (χ2n) is 7.68. The number of halogens is 2. The highest BCUT2D eigenvalue weighted by Gasteiger charge is 2.26. The molecule has 0 atom stereocenters. The van der Waals surface area contributed by atoms with Crippen LogP contribution in [0.2, 0.25) is 5.02 Å². The average molecular weight is 423 g/mol. The first-order valence-electron chi connectivity index (χ1n) is 9.34. The lowest BCUT2D eigenvalue weighted by Crippen LogP contribution is -2.50. The minimum Gasteiger partial charge on any atom is -0.458 e. The number of anilines is 1. The summed E-state index contributed by atoms with van der Waals surface area (Å²) in [6.45, 7) is 7.83. The van der Waals surface area contributed by atoms with Gasteiger partial charge in [-0.05, 0) is 39.0 Å². The molecule has 7 nitrogen and oxygen atoms in total. The highest BCUT2D eigenvalue weighted by molar-refractivity contribution is 6.30. The Labute approximate surface area is 174 Å². The van der Waals surface area contributed by atoms with Crippen LogP contribution in [0.4, 0.5) is 15.0 Å². The molecule has 1 fully saturated rings. The van der Waals surface area contributed by atoms with E-state index in [1.807, 2.05) is 25.7 Å². The fourth-order valence-electron chi connectivity index (χ4n) is 2.80. The number of rotatable bonds is 4. The van der Waals surface area contributed by atoms with Gasteiger partial charge >= 0.3 is 12.1 Å². The predicted octanol–water partition coefficient (Wildman–Crippen LogP) is 3.91. The van der Waals surface area contributed by atoms with Crippen LogP contribution in [0.15, 0.2) is 30.5 Å². The Hall–Kier alpha value is -2.61. The van der Waals surface area contributed by atoms with Crippen LogP contribution in [0.5, 0.6) is 6.01 Å². The average Bonchev–Trinajstić information content (AvgIpc) is 2.66. The van der Waals surface area contributed by atoms with Gasteiger partial charge in [-0.15, -0.1) is 0 Å². The zero-order valence-electron chi connectivity index (χ0n) is 16.7. The van der Waals surface area contributed by atoms with Crippen molar-refractivity contribution < 1.29 is 18.7 Å². The minimum absolute atomic E-state index is 0.00111. The fraction of sp³-hybridized carbons (Fsp3) is 0.450. The first kappa shape index (κ1) is 21.1. The van der Waals surface area contributed by atoms with E-state index in [9.17, 15) is 9.18 Å². The maximum atomic E-state index is 13.9. The fourth-order valence-corrected chi connectivity index (χ4v) is 2.96. The molecule has 1 aromatic heterocycles. The van der Waals surface area contributed by atoms with E-state index >= 15 is 0 Å². The van der Waals surface area contributed by atoms with E-state index < -0.39 is 11.4 Å². The Morgan fingerprint density at radius 3 is 2.59 bits per heavy atom. The molecule has 0 unspecified atom stereocenters. The standard InChI is InChI=1S/C20H24ClFN4O3/c1-20(2,3)29-19(27)26-10-8-25(9-11-26)17-6-7-23-18(24-17)28-13-14-4-5-15(21)12-16(14)22/h4-7,12H,8-11,13H2,1-3H3. The quantitative estimate of drug-likeness (QED) is 0.744.